The lowest BCUT2D eigenvalue weighted by Gasteiger charge is -2.05. The molecule has 1 heterocycles. The fraction of sp³-hybridized carbons (Fsp3) is 0.556. The van der Waals surface area contributed by atoms with Crippen molar-refractivity contribution in [2.24, 2.45) is 12.8 Å². The highest BCUT2D eigenvalue weighted by molar-refractivity contribution is 5.88. The van der Waals surface area contributed by atoms with Gasteiger partial charge in [0.1, 0.15) is 5.56 Å². The molecule has 0 radical (unpaired) electrons. The molecule has 6 heteroatoms. The molecule has 1 rings (SSSR count). The van der Waals surface area contributed by atoms with E-state index in [9.17, 15) is 4.79 Å². The van der Waals surface area contributed by atoms with Crippen LogP contribution in [0.1, 0.15) is 22.5 Å². The van der Waals surface area contributed by atoms with Crippen LogP contribution < -0.4 is 11.1 Å². The van der Waals surface area contributed by atoms with Gasteiger partial charge in [0.2, 0.25) is 0 Å². The standard InChI is InChI=1S/C9H16N4O2/c1-13-8(6-11-4-2-3-10)7(5-12-13)9(14)15/h5,11H,2-4,6,10H2,1H3,(H,14,15). The van der Waals surface area contributed by atoms with Gasteiger partial charge in [-0.15, -0.1) is 0 Å². The summed E-state index contributed by atoms with van der Waals surface area (Å²) in [6.07, 6.45) is 2.24. The first-order chi connectivity index (χ1) is 7.16. The third-order valence-electron chi connectivity index (χ3n) is 2.14. The van der Waals surface area contributed by atoms with Crippen LogP contribution in [0.15, 0.2) is 6.20 Å². The molecule has 0 fully saturated rings. The van der Waals surface area contributed by atoms with Crippen molar-refractivity contribution in [1.29, 1.82) is 0 Å². The topological polar surface area (TPSA) is 93.2 Å². The highest BCUT2D eigenvalue weighted by atomic mass is 16.4. The lowest BCUT2D eigenvalue weighted by Crippen LogP contribution is -2.20. The highest BCUT2D eigenvalue weighted by Gasteiger charge is 2.13. The second kappa shape index (κ2) is 5.47. The van der Waals surface area contributed by atoms with Gasteiger partial charge in [-0.3, -0.25) is 4.68 Å². The summed E-state index contributed by atoms with van der Waals surface area (Å²) in [4.78, 5) is 10.8. The van der Waals surface area contributed by atoms with Gasteiger partial charge in [-0.2, -0.15) is 5.10 Å². The fourth-order valence-electron chi connectivity index (χ4n) is 1.29. The molecule has 0 aliphatic heterocycles. The van der Waals surface area contributed by atoms with E-state index < -0.39 is 5.97 Å². The van der Waals surface area contributed by atoms with Crippen molar-refractivity contribution in [1.82, 2.24) is 15.1 Å². The molecule has 0 atom stereocenters. The van der Waals surface area contributed by atoms with Crippen LogP contribution in [0.4, 0.5) is 0 Å². The lowest BCUT2D eigenvalue weighted by molar-refractivity contribution is 0.0695. The smallest absolute Gasteiger partial charge is 0.339 e. The minimum atomic E-state index is -0.946. The van der Waals surface area contributed by atoms with E-state index in [-0.39, 0.29) is 5.56 Å². The van der Waals surface area contributed by atoms with Gasteiger partial charge in [0, 0.05) is 13.6 Å². The van der Waals surface area contributed by atoms with E-state index in [1.54, 1.807) is 11.7 Å². The van der Waals surface area contributed by atoms with E-state index in [2.05, 4.69) is 10.4 Å². The number of aromatic carboxylic acids is 1. The van der Waals surface area contributed by atoms with E-state index in [0.717, 1.165) is 13.0 Å². The van der Waals surface area contributed by atoms with Gasteiger partial charge in [0.15, 0.2) is 0 Å². The number of rotatable bonds is 6. The number of hydrogen-bond acceptors (Lipinski definition) is 4. The van der Waals surface area contributed by atoms with Crippen molar-refractivity contribution >= 4 is 5.97 Å². The first kappa shape index (κ1) is 11.7. The molecule has 4 N–H and O–H groups in total. The molecule has 1 aromatic heterocycles. The number of hydrogen-bond donors (Lipinski definition) is 3. The molecule has 84 valence electrons. The number of aryl methyl sites for hydroxylation is 1. The van der Waals surface area contributed by atoms with Crippen LogP contribution >= 0.6 is 0 Å². The average molecular weight is 212 g/mol. The van der Waals surface area contributed by atoms with Crippen molar-refractivity contribution in [3.05, 3.63) is 17.5 Å². The Morgan fingerprint density at radius 2 is 2.47 bits per heavy atom. The number of nitrogens with two attached hydrogens (primary N) is 1. The molecule has 0 spiro atoms. The molecule has 0 aromatic carbocycles. The van der Waals surface area contributed by atoms with Crippen molar-refractivity contribution < 1.29 is 9.90 Å². The van der Waals surface area contributed by atoms with E-state index in [1.165, 1.54) is 6.20 Å². The summed E-state index contributed by atoms with van der Waals surface area (Å²) < 4.78 is 1.57. The van der Waals surface area contributed by atoms with Gasteiger partial charge in [-0.25, -0.2) is 4.79 Å². The SMILES string of the molecule is Cn1ncc(C(=O)O)c1CNCCCN. The van der Waals surface area contributed by atoms with Crippen LogP contribution in [-0.2, 0) is 13.6 Å². The quantitative estimate of drug-likeness (QED) is 0.556. The largest absolute Gasteiger partial charge is 0.478 e. The van der Waals surface area contributed by atoms with Crippen LogP contribution in [-0.4, -0.2) is 33.9 Å². The van der Waals surface area contributed by atoms with Gasteiger partial charge in [-0.05, 0) is 19.5 Å². The monoisotopic (exact) mass is 212 g/mol. The average Bonchev–Trinajstić information content (AvgIpc) is 2.55. The Morgan fingerprint density at radius 1 is 1.73 bits per heavy atom. The first-order valence-electron chi connectivity index (χ1n) is 4.81. The maximum Gasteiger partial charge on any atom is 0.339 e. The lowest BCUT2D eigenvalue weighted by atomic mass is 10.2. The van der Waals surface area contributed by atoms with Crippen molar-refractivity contribution in [2.45, 2.75) is 13.0 Å². The molecule has 15 heavy (non-hydrogen) atoms. The third-order valence-corrected chi connectivity index (χ3v) is 2.14. The van der Waals surface area contributed by atoms with Crippen LogP contribution in [0.5, 0.6) is 0 Å². The summed E-state index contributed by atoms with van der Waals surface area (Å²) in [6.45, 7) is 1.91. The first-order valence-corrected chi connectivity index (χ1v) is 4.81. The zero-order valence-corrected chi connectivity index (χ0v) is 8.73. The molecule has 0 saturated carbocycles. The predicted molar refractivity (Wildman–Crippen MR) is 55.5 cm³/mol. The summed E-state index contributed by atoms with van der Waals surface area (Å²) in [7, 11) is 1.73. The Balaban J connectivity index is 2.58. The van der Waals surface area contributed by atoms with Crippen molar-refractivity contribution in [3.8, 4) is 0 Å². The maximum atomic E-state index is 10.8. The van der Waals surface area contributed by atoms with Crippen molar-refractivity contribution in [3.63, 3.8) is 0 Å². The Kier molecular flexibility index (Phi) is 4.26. The molecule has 1 aromatic rings. The van der Waals surface area contributed by atoms with Crippen LogP contribution in [0.3, 0.4) is 0 Å². The molecule has 0 bridgehead atoms. The minimum Gasteiger partial charge on any atom is -0.478 e. The Labute approximate surface area is 88.1 Å². The number of carboxylic acid groups (broad SMARTS) is 1. The molecule has 0 saturated heterocycles. The Morgan fingerprint density at radius 3 is 3.07 bits per heavy atom. The number of nitrogens with zero attached hydrogens (tertiary/aromatic N) is 2. The van der Waals surface area contributed by atoms with Crippen LogP contribution in [0.2, 0.25) is 0 Å². The Bertz CT molecular complexity index is 335. The summed E-state index contributed by atoms with van der Waals surface area (Å²) in [5.41, 5.74) is 6.27. The van der Waals surface area contributed by atoms with Gasteiger partial charge < -0.3 is 16.2 Å². The fourth-order valence-corrected chi connectivity index (χ4v) is 1.29. The van der Waals surface area contributed by atoms with Crippen LogP contribution in [0.25, 0.3) is 0 Å². The zero-order chi connectivity index (χ0) is 11.3. The van der Waals surface area contributed by atoms with E-state index in [0.29, 0.717) is 18.8 Å². The molecular formula is C9H16N4O2. The molecular weight excluding hydrogens is 196 g/mol. The minimum absolute atomic E-state index is 0.248. The van der Waals surface area contributed by atoms with E-state index in [1.807, 2.05) is 0 Å². The number of carbonyl (C=O) groups is 1. The maximum absolute atomic E-state index is 10.8. The highest BCUT2D eigenvalue weighted by Crippen LogP contribution is 2.06. The molecule has 6 nitrogen and oxygen atoms in total. The molecule has 0 unspecified atom stereocenters. The van der Waals surface area contributed by atoms with Crippen molar-refractivity contribution in [2.75, 3.05) is 13.1 Å². The molecule has 0 aliphatic carbocycles. The summed E-state index contributed by atoms with van der Waals surface area (Å²) >= 11 is 0. The summed E-state index contributed by atoms with van der Waals surface area (Å²) in [6, 6.07) is 0. The van der Waals surface area contributed by atoms with Gasteiger partial charge in [0.05, 0.1) is 11.9 Å². The third kappa shape index (κ3) is 3.03. The number of nitrogens with one attached hydrogen (secondary N) is 1. The number of aromatic nitrogens is 2. The van der Waals surface area contributed by atoms with Gasteiger partial charge in [-0.1, -0.05) is 0 Å². The molecule has 0 aliphatic rings. The Hall–Kier alpha value is -1.40. The van der Waals surface area contributed by atoms with Crippen LogP contribution in [0, 0.1) is 0 Å². The summed E-state index contributed by atoms with van der Waals surface area (Å²) in [5, 5.41) is 15.9. The number of carboxylic acids is 1. The molecule has 0 amide bonds. The summed E-state index contributed by atoms with van der Waals surface area (Å²) in [5.74, 6) is -0.946. The predicted octanol–water partition coefficient (Wildman–Crippen LogP) is -0.443. The second-order valence-corrected chi connectivity index (χ2v) is 3.25. The van der Waals surface area contributed by atoms with E-state index >= 15 is 0 Å². The van der Waals surface area contributed by atoms with E-state index in [4.69, 9.17) is 10.8 Å². The zero-order valence-electron chi connectivity index (χ0n) is 8.73. The van der Waals surface area contributed by atoms with Gasteiger partial charge >= 0.3 is 5.97 Å². The normalized spacial score (nSPS) is 10.5. The second-order valence-electron chi connectivity index (χ2n) is 3.25. The van der Waals surface area contributed by atoms with Gasteiger partial charge in [0.25, 0.3) is 0 Å².